The highest BCUT2D eigenvalue weighted by atomic mass is 32.1. The van der Waals surface area contributed by atoms with E-state index < -0.39 is 0 Å². The molecule has 0 atom stereocenters. The molecule has 0 aliphatic heterocycles. The van der Waals surface area contributed by atoms with Crippen molar-refractivity contribution in [2.45, 2.75) is 20.8 Å². The fourth-order valence-electron chi connectivity index (χ4n) is 1.83. The number of hydrogen-bond donors (Lipinski definition) is 1. The second-order valence-corrected chi connectivity index (χ2v) is 5.60. The fraction of sp³-hybridized carbons (Fsp3) is 0.267. The van der Waals surface area contributed by atoms with Crippen LogP contribution in [0.3, 0.4) is 0 Å². The Morgan fingerprint density at radius 2 is 1.90 bits per heavy atom. The predicted octanol–water partition coefficient (Wildman–Crippen LogP) is 3.19. The van der Waals surface area contributed by atoms with Crippen LogP contribution in [-0.4, -0.2) is 23.5 Å². The molecule has 1 aromatic carbocycles. The minimum Gasteiger partial charge on any atom is -0.462 e. The lowest BCUT2D eigenvalue weighted by Gasteiger charge is -2.05. The molecule has 0 aliphatic rings. The van der Waals surface area contributed by atoms with Crippen LogP contribution in [0.15, 0.2) is 24.3 Å². The van der Waals surface area contributed by atoms with E-state index in [1.807, 2.05) is 13.8 Å². The van der Waals surface area contributed by atoms with Crippen LogP contribution < -0.4 is 5.32 Å². The number of aromatic nitrogens is 1. The highest BCUT2D eigenvalue weighted by Crippen LogP contribution is 2.19. The topological polar surface area (TPSA) is 68.3 Å². The second kappa shape index (κ2) is 6.49. The Morgan fingerprint density at radius 1 is 1.24 bits per heavy atom. The molecule has 0 saturated carbocycles. The maximum absolute atomic E-state index is 12.1. The van der Waals surface area contributed by atoms with E-state index in [0.29, 0.717) is 22.7 Å². The van der Waals surface area contributed by atoms with Crippen molar-refractivity contribution in [3.8, 4) is 0 Å². The first-order chi connectivity index (χ1) is 10.0. The van der Waals surface area contributed by atoms with Gasteiger partial charge in [0.2, 0.25) is 0 Å². The van der Waals surface area contributed by atoms with Gasteiger partial charge in [-0.15, -0.1) is 11.3 Å². The molecular formula is C15H16N2O3S. The number of amides is 1. The molecule has 110 valence electrons. The molecule has 2 aromatic rings. The first kappa shape index (κ1) is 15.2. The number of carbonyl (C=O) groups excluding carboxylic acids is 2. The van der Waals surface area contributed by atoms with Crippen molar-refractivity contribution >= 4 is 28.9 Å². The first-order valence-electron chi connectivity index (χ1n) is 6.53. The van der Waals surface area contributed by atoms with Crippen LogP contribution in [0.5, 0.6) is 0 Å². The van der Waals surface area contributed by atoms with E-state index in [1.165, 1.54) is 11.3 Å². The smallest absolute Gasteiger partial charge is 0.338 e. The lowest BCUT2D eigenvalue weighted by molar-refractivity contribution is 0.0526. The van der Waals surface area contributed by atoms with Crippen molar-refractivity contribution in [1.29, 1.82) is 0 Å². The number of esters is 1. The van der Waals surface area contributed by atoms with Gasteiger partial charge in [-0.05, 0) is 45.0 Å². The summed E-state index contributed by atoms with van der Waals surface area (Å²) < 4.78 is 4.90. The largest absolute Gasteiger partial charge is 0.462 e. The van der Waals surface area contributed by atoms with Crippen LogP contribution >= 0.6 is 11.3 Å². The Morgan fingerprint density at radius 3 is 2.43 bits per heavy atom. The Hall–Kier alpha value is -2.21. The number of rotatable bonds is 4. The maximum Gasteiger partial charge on any atom is 0.338 e. The average Bonchev–Trinajstić information content (AvgIpc) is 2.79. The number of nitrogens with one attached hydrogen (secondary N) is 1. The first-order valence-corrected chi connectivity index (χ1v) is 7.35. The van der Waals surface area contributed by atoms with Gasteiger partial charge < -0.3 is 10.1 Å². The third kappa shape index (κ3) is 3.66. The van der Waals surface area contributed by atoms with Crippen LogP contribution in [0.25, 0.3) is 0 Å². The summed E-state index contributed by atoms with van der Waals surface area (Å²) in [5, 5.41) is 3.65. The van der Waals surface area contributed by atoms with Crippen molar-refractivity contribution in [1.82, 2.24) is 4.98 Å². The zero-order valence-corrected chi connectivity index (χ0v) is 12.9. The van der Waals surface area contributed by atoms with Crippen LogP contribution in [0.2, 0.25) is 0 Å². The van der Waals surface area contributed by atoms with Gasteiger partial charge in [0.25, 0.3) is 5.91 Å². The third-order valence-electron chi connectivity index (χ3n) is 2.76. The fourth-order valence-corrected chi connectivity index (χ4v) is 2.65. The molecule has 0 spiro atoms. The molecule has 0 bridgehead atoms. The Bertz CT molecular complexity index is 662. The predicted molar refractivity (Wildman–Crippen MR) is 81.9 cm³/mol. The molecule has 0 unspecified atom stereocenters. The van der Waals surface area contributed by atoms with Crippen LogP contribution in [0.1, 0.15) is 37.7 Å². The molecule has 1 amide bonds. The zero-order chi connectivity index (χ0) is 15.4. The maximum atomic E-state index is 12.1. The van der Waals surface area contributed by atoms with Gasteiger partial charge in [-0.1, -0.05) is 0 Å². The van der Waals surface area contributed by atoms with E-state index in [-0.39, 0.29) is 11.9 Å². The molecule has 1 N–H and O–H groups in total. The molecule has 0 fully saturated rings. The third-order valence-corrected chi connectivity index (χ3v) is 3.84. The van der Waals surface area contributed by atoms with Crippen molar-refractivity contribution in [3.05, 3.63) is 45.4 Å². The minimum absolute atomic E-state index is 0.193. The van der Waals surface area contributed by atoms with Crippen molar-refractivity contribution in [3.63, 3.8) is 0 Å². The van der Waals surface area contributed by atoms with Gasteiger partial charge in [0.1, 0.15) is 4.88 Å². The van der Waals surface area contributed by atoms with Gasteiger partial charge in [-0.3, -0.25) is 4.79 Å². The normalized spacial score (nSPS) is 10.2. The van der Waals surface area contributed by atoms with Gasteiger partial charge >= 0.3 is 5.97 Å². The molecule has 2 rings (SSSR count). The molecule has 1 heterocycles. The zero-order valence-electron chi connectivity index (χ0n) is 12.1. The van der Waals surface area contributed by atoms with E-state index >= 15 is 0 Å². The number of anilines is 1. The van der Waals surface area contributed by atoms with Crippen molar-refractivity contribution in [2.75, 3.05) is 11.9 Å². The summed E-state index contributed by atoms with van der Waals surface area (Å²) >= 11 is 1.36. The van der Waals surface area contributed by atoms with Crippen LogP contribution in [0, 0.1) is 13.8 Å². The molecule has 21 heavy (non-hydrogen) atoms. The lowest BCUT2D eigenvalue weighted by Crippen LogP contribution is -2.12. The summed E-state index contributed by atoms with van der Waals surface area (Å²) in [6, 6.07) is 6.59. The SMILES string of the molecule is CCOC(=O)c1ccc(NC(=O)c2sc(C)nc2C)cc1. The van der Waals surface area contributed by atoms with E-state index in [2.05, 4.69) is 10.3 Å². The Labute approximate surface area is 127 Å². The van der Waals surface area contributed by atoms with Gasteiger partial charge in [0.15, 0.2) is 0 Å². The summed E-state index contributed by atoms with van der Waals surface area (Å²) in [6.45, 7) is 5.76. The molecular weight excluding hydrogens is 288 g/mol. The molecule has 0 radical (unpaired) electrons. The number of thiazole rings is 1. The van der Waals surface area contributed by atoms with E-state index in [0.717, 1.165) is 10.7 Å². The minimum atomic E-state index is -0.371. The molecule has 1 aromatic heterocycles. The average molecular weight is 304 g/mol. The monoisotopic (exact) mass is 304 g/mol. The number of benzene rings is 1. The lowest BCUT2D eigenvalue weighted by atomic mass is 10.2. The highest BCUT2D eigenvalue weighted by molar-refractivity contribution is 7.13. The number of aryl methyl sites for hydroxylation is 2. The van der Waals surface area contributed by atoms with E-state index in [4.69, 9.17) is 4.74 Å². The molecule has 6 heteroatoms. The number of carbonyl (C=O) groups is 2. The van der Waals surface area contributed by atoms with Crippen LogP contribution in [0.4, 0.5) is 5.69 Å². The van der Waals surface area contributed by atoms with Crippen molar-refractivity contribution in [2.24, 2.45) is 0 Å². The highest BCUT2D eigenvalue weighted by Gasteiger charge is 2.14. The van der Waals surface area contributed by atoms with Gasteiger partial charge in [-0.25, -0.2) is 9.78 Å². The molecule has 0 saturated heterocycles. The summed E-state index contributed by atoms with van der Waals surface area (Å²) in [6.07, 6.45) is 0. The summed E-state index contributed by atoms with van der Waals surface area (Å²) in [5.74, 6) is -0.564. The van der Waals surface area contributed by atoms with Gasteiger partial charge in [0.05, 0.1) is 22.9 Å². The Kier molecular flexibility index (Phi) is 4.70. The number of ether oxygens (including phenoxy) is 1. The summed E-state index contributed by atoms with van der Waals surface area (Å²) in [7, 11) is 0. The Balaban J connectivity index is 2.08. The van der Waals surface area contributed by atoms with E-state index in [9.17, 15) is 9.59 Å². The quantitative estimate of drug-likeness (QED) is 0.881. The van der Waals surface area contributed by atoms with Crippen molar-refractivity contribution < 1.29 is 14.3 Å². The van der Waals surface area contributed by atoms with Gasteiger partial charge in [-0.2, -0.15) is 0 Å². The molecule has 0 aliphatic carbocycles. The summed E-state index contributed by atoms with van der Waals surface area (Å²) in [4.78, 5) is 28.5. The van der Waals surface area contributed by atoms with Gasteiger partial charge in [0, 0.05) is 5.69 Å². The number of nitrogens with zero attached hydrogens (tertiary/aromatic N) is 1. The van der Waals surface area contributed by atoms with Crippen LogP contribution in [-0.2, 0) is 4.74 Å². The number of hydrogen-bond acceptors (Lipinski definition) is 5. The molecule has 5 nitrogen and oxygen atoms in total. The van der Waals surface area contributed by atoms with E-state index in [1.54, 1.807) is 31.2 Å². The second-order valence-electron chi connectivity index (χ2n) is 4.40. The summed E-state index contributed by atoms with van der Waals surface area (Å²) in [5.41, 5.74) is 1.80. The standard InChI is InChI=1S/C15H16N2O3S/c1-4-20-15(19)11-5-7-12(8-6-11)17-14(18)13-9(2)16-10(3)21-13/h5-8H,4H2,1-3H3,(H,17,18).